The molecule has 20 heavy (non-hydrogen) atoms. The van der Waals surface area contributed by atoms with E-state index in [0.29, 0.717) is 30.6 Å². The summed E-state index contributed by atoms with van der Waals surface area (Å²) >= 11 is 0. The lowest BCUT2D eigenvalue weighted by Crippen LogP contribution is -2.22. The molecule has 0 radical (unpaired) electrons. The Hall–Kier alpha value is -1.42. The molecule has 4 heteroatoms. The molecule has 0 saturated carbocycles. The summed E-state index contributed by atoms with van der Waals surface area (Å²) in [6, 6.07) is 1.69. The molecule has 3 nitrogen and oxygen atoms in total. The number of nitrogens with zero attached hydrogens (tertiary/aromatic N) is 1. The number of nitrogens with one attached hydrogen (secondary N) is 1. The second-order valence-corrected chi connectivity index (χ2v) is 5.36. The fourth-order valence-electron chi connectivity index (χ4n) is 2.38. The summed E-state index contributed by atoms with van der Waals surface area (Å²) in [5.41, 5.74) is 0.605. The van der Waals surface area contributed by atoms with E-state index >= 15 is 0 Å². The molecule has 1 aromatic rings. The van der Waals surface area contributed by atoms with Crippen molar-refractivity contribution in [1.82, 2.24) is 10.3 Å². The van der Waals surface area contributed by atoms with Crippen LogP contribution >= 0.6 is 0 Å². The standard InChI is InChI=1S/C16H23FN2O/c1-3-18-10-13-8-9-19-16(15(13)17)20-11-14-7-5-4-6-12(14)2/h4-5,8-9,12,14,18H,3,6-7,10-11H2,1-2H3. The number of hydrogen-bond donors (Lipinski definition) is 1. The number of allylic oxidation sites excluding steroid dienone is 2. The molecule has 1 N–H and O–H groups in total. The van der Waals surface area contributed by atoms with Crippen LogP contribution in [0.25, 0.3) is 0 Å². The van der Waals surface area contributed by atoms with E-state index in [1.165, 1.54) is 0 Å². The third-order valence-electron chi connectivity index (χ3n) is 3.85. The molecular weight excluding hydrogens is 255 g/mol. The highest BCUT2D eigenvalue weighted by Crippen LogP contribution is 2.26. The van der Waals surface area contributed by atoms with E-state index in [1.807, 2.05) is 6.92 Å². The number of ether oxygens (including phenoxy) is 1. The first kappa shape index (κ1) is 15.0. The van der Waals surface area contributed by atoms with Gasteiger partial charge in [0, 0.05) is 18.3 Å². The zero-order chi connectivity index (χ0) is 14.4. The predicted molar refractivity (Wildman–Crippen MR) is 78.1 cm³/mol. The molecule has 1 aliphatic rings. The van der Waals surface area contributed by atoms with Gasteiger partial charge in [-0.1, -0.05) is 26.0 Å². The molecule has 0 bridgehead atoms. The van der Waals surface area contributed by atoms with Crippen LogP contribution in [-0.4, -0.2) is 18.1 Å². The Morgan fingerprint density at radius 2 is 2.20 bits per heavy atom. The van der Waals surface area contributed by atoms with Gasteiger partial charge in [-0.05, 0) is 37.3 Å². The highest BCUT2D eigenvalue weighted by molar-refractivity contribution is 5.23. The molecule has 0 aliphatic heterocycles. The molecular formula is C16H23FN2O. The van der Waals surface area contributed by atoms with E-state index in [2.05, 4.69) is 29.4 Å². The van der Waals surface area contributed by atoms with Gasteiger partial charge in [0.15, 0.2) is 5.82 Å². The van der Waals surface area contributed by atoms with Gasteiger partial charge in [0.2, 0.25) is 0 Å². The SMILES string of the molecule is CCNCc1ccnc(OCC2CC=CCC2C)c1F. The van der Waals surface area contributed by atoms with Crippen molar-refractivity contribution in [3.8, 4) is 5.88 Å². The maximum Gasteiger partial charge on any atom is 0.250 e. The zero-order valence-corrected chi connectivity index (χ0v) is 12.2. The Balaban J connectivity index is 1.97. The van der Waals surface area contributed by atoms with Crippen LogP contribution in [0.3, 0.4) is 0 Å². The smallest absolute Gasteiger partial charge is 0.250 e. The van der Waals surface area contributed by atoms with Gasteiger partial charge in [-0.25, -0.2) is 9.37 Å². The molecule has 0 aromatic carbocycles. The Labute approximate surface area is 120 Å². The fourth-order valence-corrected chi connectivity index (χ4v) is 2.38. The highest BCUT2D eigenvalue weighted by atomic mass is 19.1. The predicted octanol–water partition coefficient (Wildman–Crippen LogP) is 3.31. The van der Waals surface area contributed by atoms with Crippen molar-refractivity contribution in [2.75, 3.05) is 13.2 Å². The number of hydrogen-bond acceptors (Lipinski definition) is 3. The quantitative estimate of drug-likeness (QED) is 0.811. The minimum absolute atomic E-state index is 0.127. The van der Waals surface area contributed by atoms with Gasteiger partial charge in [-0.3, -0.25) is 0 Å². The first-order valence-corrected chi connectivity index (χ1v) is 7.34. The van der Waals surface area contributed by atoms with Crippen molar-refractivity contribution in [1.29, 1.82) is 0 Å². The highest BCUT2D eigenvalue weighted by Gasteiger charge is 2.20. The van der Waals surface area contributed by atoms with Crippen LogP contribution in [0.2, 0.25) is 0 Å². The third-order valence-corrected chi connectivity index (χ3v) is 3.85. The first-order chi connectivity index (χ1) is 9.72. The topological polar surface area (TPSA) is 34.2 Å². The molecule has 0 spiro atoms. The lowest BCUT2D eigenvalue weighted by Gasteiger charge is -2.25. The molecule has 0 fully saturated rings. The summed E-state index contributed by atoms with van der Waals surface area (Å²) in [4.78, 5) is 4.01. The van der Waals surface area contributed by atoms with Crippen LogP contribution in [0.4, 0.5) is 4.39 Å². The first-order valence-electron chi connectivity index (χ1n) is 7.34. The maximum atomic E-state index is 14.2. The molecule has 0 saturated heterocycles. The van der Waals surface area contributed by atoms with Crippen LogP contribution in [-0.2, 0) is 6.54 Å². The molecule has 1 heterocycles. The van der Waals surface area contributed by atoms with Gasteiger partial charge in [-0.2, -0.15) is 0 Å². The molecule has 110 valence electrons. The van der Waals surface area contributed by atoms with Gasteiger partial charge in [0.1, 0.15) is 0 Å². The van der Waals surface area contributed by atoms with E-state index in [-0.39, 0.29) is 11.7 Å². The second kappa shape index (κ2) is 7.39. The summed E-state index contributed by atoms with van der Waals surface area (Å²) < 4.78 is 19.8. The van der Waals surface area contributed by atoms with Gasteiger partial charge in [0.25, 0.3) is 5.88 Å². The lowest BCUT2D eigenvalue weighted by molar-refractivity contribution is 0.185. The van der Waals surface area contributed by atoms with Crippen LogP contribution in [0.15, 0.2) is 24.4 Å². The van der Waals surface area contributed by atoms with Gasteiger partial charge in [0.05, 0.1) is 6.61 Å². The molecule has 0 amide bonds. The average Bonchev–Trinajstić information content (AvgIpc) is 2.46. The maximum absolute atomic E-state index is 14.2. The Morgan fingerprint density at radius 3 is 2.95 bits per heavy atom. The monoisotopic (exact) mass is 278 g/mol. The molecule has 2 atom stereocenters. The number of halogens is 1. The molecule has 1 aliphatic carbocycles. The summed E-state index contributed by atoms with van der Waals surface area (Å²) in [7, 11) is 0. The van der Waals surface area contributed by atoms with E-state index in [1.54, 1.807) is 12.3 Å². The number of rotatable bonds is 6. The van der Waals surface area contributed by atoms with Crippen molar-refractivity contribution in [3.63, 3.8) is 0 Å². The number of aromatic nitrogens is 1. The van der Waals surface area contributed by atoms with Crippen LogP contribution in [0.1, 0.15) is 32.3 Å². The van der Waals surface area contributed by atoms with E-state index in [0.717, 1.165) is 19.4 Å². The van der Waals surface area contributed by atoms with Gasteiger partial charge in [-0.15, -0.1) is 0 Å². The average molecular weight is 278 g/mol. The second-order valence-electron chi connectivity index (χ2n) is 5.36. The lowest BCUT2D eigenvalue weighted by atomic mass is 9.85. The minimum atomic E-state index is -0.340. The summed E-state index contributed by atoms with van der Waals surface area (Å²) in [5.74, 6) is 0.807. The van der Waals surface area contributed by atoms with Gasteiger partial charge >= 0.3 is 0 Å². The minimum Gasteiger partial charge on any atom is -0.475 e. The summed E-state index contributed by atoms with van der Waals surface area (Å²) in [6.45, 7) is 6.05. The van der Waals surface area contributed by atoms with E-state index in [4.69, 9.17) is 4.74 Å². The van der Waals surface area contributed by atoms with Gasteiger partial charge < -0.3 is 10.1 Å². The normalized spacial score (nSPS) is 21.9. The number of pyridine rings is 1. The Kier molecular flexibility index (Phi) is 5.53. The third kappa shape index (κ3) is 3.79. The van der Waals surface area contributed by atoms with Crippen molar-refractivity contribution in [3.05, 3.63) is 35.8 Å². The van der Waals surface area contributed by atoms with Crippen molar-refractivity contribution in [2.24, 2.45) is 11.8 Å². The molecule has 1 aromatic heterocycles. The zero-order valence-electron chi connectivity index (χ0n) is 12.2. The Morgan fingerprint density at radius 1 is 1.40 bits per heavy atom. The molecule has 2 rings (SSSR count). The largest absolute Gasteiger partial charge is 0.475 e. The Bertz CT molecular complexity index is 462. The van der Waals surface area contributed by atoms with Crippen molar-refractivity contribution >= 4 is 0 Å². The molecule has 2 unspecified atom stereocenters. The van der Waals surface area contributed by atoms with Crippen LogP contribution < -0.4 is 10.1 Å². The van der Waals surface area contributed by atoms with Crippen LogP contribution in [0, 0.1) is 17.7 Å². The van der Waals surface area contributed by atoms with Crippen molar-refractivity contribution in [2.45, 2.75) is 33.2 Å². The van der Waals surface area contributed by atoms with Crippen molar-refractivity contribution < 1.29 is 9.13 Å². The van der Waals surface area contributed by atoms with E-state index < -0.39 is 0 Å². The summed E-state index contributed by atoms with van der Waals surface area (Å²) in [6.07, 6.45) is 8.07. The fraction of sp³-hybridized carbons (Fsp3) is 0.562. The van der Waals surface area contributed by atoms with Crippen LogP contribution in [0.5, 0.6) is 5.88 Å². The van der Waals surface area contributed by atoms with E-state index in [9.17, 15) is 4.39 Å². The summed E-state index contributed by atoms with van der Waals surface area (Å²) in [5, 5.41) is 3.11.